The van der Waals surface area contributed by atoms with Crippen LogP contribution in [0.1, 0.15) is 5.56 Å². The summed E-state index contributed by atoms with van der Waals surface area (Å²) in [6.45, 7) is 0.406. The van der Waals surface area contributed by atoms with Crippen LogP contribution in [0.2, 0.25) is 0 Å². The average molecular weight is 466 g/mol. The Hall–Kier alpha value is -0.560. The molecule has 0 aromatic heterocycles. The maximum absolute atomic E-state index is 5.93. The Kier molecular flexibility index (Phi) is 5.49. The first-order valence-electron chi connectivity index (χ1n) is 5.74. The van der Waals surface area contributed by atoms with Crippen molar-refractivity contribution in [1.82, 2.24) is 0 Å². The molecule has 0 saturated carbocycles. The topological polar surface area (TPSA) is 44.5 Å². The fraction of sp³-hybridized carbons (Fsp3) is 0.143. The number of methoxy groups -OCH3 is 1. The van der Waals surface area contributed by atoms with E-state index in [0.717, 1.165) is 30.5 Å². The summed E-state index contributed by atoms with van der Waals surface area (Å²) in [7, 11) is 1.62. The predicted octanol–water partition coefficient (Wildman–Crippen LogP) is 5.23. The van der Waals surface area contributed by atoms with Crippen molar-refractivity contribution < 1.29 is 9.47 Å². The van der Waals surface area contributed by atoms with Gasteiger partial charge in [0, 0.05) is 16.6 Å². The van der Waals surface area contributed by atoms with Crippen LogP contribution in [0.25, 0.3) is 0 Å². The maximum atomic E-state index is 5.93. The molecule has 6 heteroatoms. The second kappa shape index (κ2) is 6.93. The molecule has 0 radical (unpaired) electrons. The standard InChI is InChI=1S/C14H12Br3NO2/c1-19-13-5-11(17)14(6-10(13)16)20-12-3-2-9(15)4-8(12)7-18/h2-6H,7,18H2,1H3. The van der Waals surface area contributed by atoms with Gasteiger partial charge in [0.15, 0.2) is 0 Å². The summed E-state index contributed by atoms with van der Waals surface area (Å²) < 4.78 is 13.8. The third kappa shape index (κ3) is 3.55. The van der Waals surface area contributed by atoms with Crippen molar-refractivity contribution in [3.63, 3.8) is 0 Å². The lowest BCUT2D eigenvalue weighted by molar-refractivity contribution is 0.409. The van der Waals surface area contributed by atoms with Crippen molar-refractivity contribution in [3.05, 3.63) is 49.3 Å². The van der Waals surface area contributed by atoms with Gasteiger partial charge < -0.3 is 15.2 Å². The van der Waals surface area contributed by atoms with E-state index >= 15 is 0 Å². The predicted molar refractivity (Wildman–Crippen MR) is 90.5 cm³/mol. The molecule has 2 aromatic rings. The largest absolute Gasteiger partial charge is 0.496 e. The number of hydrogen-bond donors (Lipinski definition) is 1. The van der Waals surface area contributed by atoms with Gasteiger partial charge in [0.2, 0.25) is 0 Å². The number of hydrogen-bond acceptors (Lipinski definition) is 3. The van der Waals surface area contributed by atoms with Gasteiger partial charge in [0.1, 0.15) is 17.2 Å². The average Bonchev–Trinajstić information content (AvgIpc) is 2.44. The fourth-order valence-corrected chi connectivity index (χ4v) is 2.97. The first-order valence-corrected chi connectivity index (χ1v) is 8.12. The lowest BCUT2D eigenvalue weighted by atomic mass is 10.2. The second-order valence-electron chi connectivity index (χ2n) is 3.98. The van der Waals surface area contributed by atoms with Gasteiger partial charge in [-0.25, -0.2) is 0 Å². The zero-order valence-electron chi connectivity index (χ0n) is 10.6. The fourth-order valence-electron chi connectivity index (χ4n) is 1.67. The second-order valence-corrected chi connectivity index (χ2v) is 6.60. The number of rotatable bonds is 4. The molecule has 3 nitrogen and oxygen atoms in total. The number of nitrogens with two attached hydrogens (primary N) is 1. The Bertz CT molecular complexity index is 632. The van der Waals surface area contributed by atoms with E-state index in [-0.39, 0.29) is 0 Å². The molecule has 0 aliphatic rings. The summed E-state index contributed by atoms with van der Waals surface area (Å²) in [5.74, 6) is 2.15. The van der Waals surface area contributed by atoms with E-state index in [0.29, 0.717) is 12.3 Å². The molecule has 0 saturated heterocycles. The highest BCUT2D eigenvalue weighted by Crippen LogP contribution is 2.39. The van der Waals surface area contributed by atoms with Gasteiger partial charge in [0.05, 0.1) is 16.1 Å². The highest BCUT2D eigenvalue weighted by Gasteiger charge is 2.11. The third-order valence-electron chi connectivity index (χ3n) is 2.67. The molecular formula is C14H12Br3NO2. The van der Waals surface area contributed by atoms with Gasteiger partial charge in [-0.2, -0.15) is 0 Å². The molecule has 2 rings (SSSR count). The molecule has 0 fully saturated rings. The number of benzene rings is 2. The molecule has 0 spiro atoms. The quantitative estimate of drug-likeness (QED) is 0.672. The molecule has 2 N–H and O–H groups in total. The summed E-state index contributed by atoms with van der Waals surface area (Å²) in [4.78, 5) is 0. The van der Waals surface area contributed by atoms with Crippen LogP contribution >= 0.6 is 47.8 Å². The van der Waals surface area contributed by atoms with Gasteiger partial charge in [-0.3, -0.25) is 0 Å². The summed E-state index contributed by atoms with van der Waals surface area (Å²) in [5.41, 5.74) is 6.67. The van der Waals surface area contributed by atoms with E-state index in [9.17, 15) is 0 Å². The van der Waals surface area contributed by atoms with Crippen LogP contribution in [0.4, 0.5) is 0 Å². The van der Waals surface area contributed by atoms with Gasteiger partial charge in [-0.15, -0.1) is 0 Å². The van der Waals surface area contributed by atoms with Crippen LogP contribution in [0.15, 0.2) is 43.7 Å². The molecule has 0 heterocycles. The molecule has 2 aromatic carbocycles. The van der Waals surface area contributed by atoms with Gasteiger partial charge in [0.25, 0.3) is 0 Å². The van der Waals surface area contributed by atoms with E-state index in [1.807, 2.05) is 30.3 Å². The lowest BCUT2D eigenvalue weighted by Gasteiger charge is -2.13. The normalized spacial score (nSPS) is 10.4. The molecule has 0 aliphatic heterocycles. The Balaban J connectivity index is 2.37. The zero-order chi connectivity index (χ0) is 14.7. The summed E-state index contributed by atoms with van der Waals surface area (Å²) in [5, 5.41) is 0. The third-order valence-corrected chi connectivity index (χ3v) is 4.40. The molecule has 0 aliphatic carbocycles. The molecule has 106 valence electrons. The SMILES string of the molecule is COc1cc(Br)c(Oc2ccc(Br)cc2CN)cc1Br. The van der Waals surface area contributed by atoms with Crippen molar-refractivity contribution in [2.45, 2.75) is 6.54 Å². The summed E-state index contributed by atoms with van der Waals surface area (Å²) >= 11 is 10.3. The van der Waals surface area contributed by atoms with Gasteiger partial charge >= 0.3 is 0 Å². The van der Waals surface area contributed by atoms with Crippen molar-refractivity contribution in [3.8, 4) is 17.2 Å². The van der Waals surface area contributed by atoms with E-state index in [4.69, 9.17) is 15.2 Å². The van der Waals surface area contributed by atoms with Crippen LogP contribution in [0, 0.1) is 0 Å². The van der Waals surface area contributed by atoms with Crippen molar-refractivity contribution >= 4 is 47.8 Å². The minimum atomic E-state index is 0.406. The first-order chi connectivity index (χ1) is 9.55. The smallest absolute Gasteiger partial charge is 0.143 e. The Morgan fingerprint density at radius 2 is 1.60 bits per heavy atom. The van der Waals surface area contributed by atoms with Crippen LogP contribution < -0.4 is 15.2 Å². The van der Waals surface area contributed by atoms with Crippen molar-refractivity contribution in [2.75, 3.05) is 7.11 Å². The van der Waals surface area contributed by atoms with Crippen molar-refractivity contribution in [1.29, 1.82) is 0 Å². The Morgan fingerprint density at radius 1 is 0.950 bits per heavy atom. The highest BCUT2D eigenvalue weighted by atomic mass is 79.9. The number of halogens is 3. The maximum Gasteiger partial charge on any atom is 0.143 e. The molecule has 0 amide bonds. The summed E-state index contributed by atoms with van der Waals surface area (Å²) in [6, 6.07) is 9.45. The molecule has 20 heavy (non-hydrogen) atoms. The Morgan fingerprint density at radius 3 is 2.25 bits per heavy atom. The minimum absolute atomic E-state index is 0.406. The minimum Gasteiger partial charge on any atom is -0.496 e. The van der Waals surface area contributed by atoms with E-state index in [2.05, 4.69) is 47.8 Å². The van der Waals surface area contributed by atoms with Crippen LogP contribution in [0.3, 0.4) is 0 Å². The molecular weight excluding hydrogens is 454 g/mol. The van der Waals surface area contributed by atoms with E-state index in [1.165, 1.54) is 0 Å². The summed E-state index contributed by atoms with van der Waals surface area (Å²) in [6.07, 6.45) is 0. The lowest BCUT2D eigenvalue weighted by Crippen LogP contribution is -2.00. The van der Waals surface area contributed by atoms with Crippen LogP contribution in [0.5, 0.6) is 17.2 Å². The van der Waals surface area contributed by atoms with Crippen molar-refractivity contribution in [2.24, 2.45) is 5.73 Å². The monoisotopic (exact) mass is 463 g/mol. The zero-order valence-corrected chi connectivity index (χ0v) is 15.4. The molecule has 0 atom stereocenters. The number of ether oxygens (including phenoxy) is 2. The van der Waals surface area contributed by atoms with Gasteiger partial charge in [-0.1, -0.05) is 15.9 Å². The molecule has 0 bridgehead atoms. The van der Waals surface area contributed by atoms with Crippen LogP contribution in [-0.4, -0.2) is 7.11 Å². The molecule has 0 unspecified atom stereocenters. The highest BCUT2D eigenvalue weighted by molar-refractivity contribution is 9.11. The van der Waals surface area contributed by atoms with Crippen LogP contribution in [-0.2, 0) is 6.54 Å². The van der Waals surface area contributed by atoms with E-state index < -0.39 is 0 Å². The Labute approximate surface area is 142 Å². The first kappa shape index (κ1) is 15.8. The van der Waals surface area contributed by atoms with Gasteiger partial charge in [-0.05, 0) is 62.2 Å². The van der Waals surface area contributed by atoms with E-state index in [1.54, 1.807) is 7.11 Å².